The first kappa shape index (κ1) is 12.4. The van der Waals surface area contributed by atoms with Crippen LogP contribution in [0.25, 0.3) is 0 Å². The van der Waals surface area contributed by atoms with Crippen LogP contribution in [0.3, 0.4) is 0 Å². The van der Waals surface area contributed by atoms with E-state index in [1.54, 1.807) is 4.90 Å². The summed E-state index contributed by atoms with van der Waals surface area (Å²) >= 11 is 0. The van der Waals surface area contributed by atoms with Crippen LogP contribution >= 0.6 is 0 Å². The highest BCUT2D eigenvalue weighted by molar-refractivity contribution is 6.00. The number of nitrogens with one attached hydrogen (secondary N) is 1. The molecule has 4 nitrogen and oxygen atoms in total. The summed E-state index contributed by atoms with van der Waals surface area (Å²) in [5, 5.41) is 3.00. The Morgan fingerprint density at radius 1 is 1.35 bits per heavy atom. The molecule has 1 saturated carbocycles. The van der Waals surface area contributed by atoms with E-state index in [0.717, 1.165) is 25.7 Å². The van der Waals surface area contributed by atoms with Gasteiger partial charge < -0.3 is 10.2 Å². The summed E-state index contributed by atoms with van der Waals surface area (Å²) in [5.41, 5.74) is -0.576. The first-order chi connectivity index (χ1) is 8.02. The van der Waals surface area contributed by atoms with Crippen molar-refractivity contribution < 1.29 is 9.59 Å². The molecule has 2 fully saturated rings. The smallest absolute Gasteiger partial charge is 0.249 e. The third-order valence-corrected chi connectivity index (χ3v) is 4.04. The molecule has 0 radical (unpaired) electrons. The van der Waals surface area contributed by atoms with Crippen molar-refractivity contribution in [3.05, 3.63) is 0 Å². The van der Waals surface area contributed by atoms with Crippen LogP contribution in [-0.4, -0.2) is 34.3 Å². The number of carbonyl (C=O) groups excluding carboxylic acids is 2. The van der Waals surface area contributed by atoms with Gasteiger partial charge in [0.1, 0.15) is 11.6 Å². The Labute approximate surface area is 103 Å². The highest BCUT2D eigenvalue weighted by Gasteiger charge is 2.52. The fourth-order valence-corrected chi connectivity index (χ4v) is 3.18. The van der Waals surface area contributed by atoms with Crippen LogP contribution in [0.4, 0.5) is 0 Å². The van der Waals surface area contributed by atoms with Gasteiger partial charge in [-0.3, -0.25) is 9.59 Å². The molecule has 4 heteroatoms. The third kappa shape index (κ3) is 1.83. The lowest BCUT2D eigenvalue weighted by molar-refractivity contribution is -0.157. The van der Waals surface area contributed by atoms with E-state index >= 15 is 0 Å². The molecule has 0 aromatic carbocycles. The van der Waals surface area contributed by atoms with Gasteiger partial charge >= 0.3 is 0 Å². The van der Waals surface area contributed by atoms with E-state index in [0.29, 0.717) is 6.42 Å². The normalized spacial score (nSPS) is 28.0. The molecule has 0 aromatic rings. The van der Waals surface area contributed by atoms with E-state index in [4.69, 9.17) is 0 Å². The summed E-state index contributed by atoms with van der Waals surface area (Å²) in [4.78, 5) is 26.6. The second kappa shape index (κ2) is 4.31. The van der Waals surface area contributed by atoms with Crippen molar-refractivity contribution in [3.63, 3.8) is 0 Å². The molecule has 1 aliphatic heterocycles. The molecular formula is C13H22N2O2. The lowest BCUT2D eigenvalue weighted by Crippen LogP contribution is -2.70. The van der Waals surface area contributed by atoms with Crippen LogP contribution < -0.4 is 5.32 Å². The maximum Gasteiger partial charge on any atom is 0.249 e. The summed E-state index contributed by atoms with van der Waals surface area (Å²) in [6, 6.07) is -0.190. The minimum absolute atomic E-state index is 0.0303. The van der Waals surface area contributed by atoms with Crippen LogP contribution in [0.2, 0.25) is 0 Å². The van der Waals surface area contributed by atoms with Crippen LogP contribution in [0.5, 0.6) is 0 Å². The zero-order valence-corrected chi connectivity index (χ0v) is 11.0. The molecule has 1 spiro atoms. The topological polar surface area (TPSA) is 49.4 Å². The van der Waals surface area contributed by atoms with Crippen molar-refractivity contribution in [2.45, 2.75) is 70.5 Å². The zero-order valence-electron chi connectivity index (χ0n) is 11.0. The lowest BCUT2D eigenvalue weighted by Gasteiger charge is -2.46. The monoisotopic (exact) mass is 238 g/mol. The van der Waals surface area contributed by atoms with E-state index in [9.17, 15) is 9.59 Å². The van der Waals surface area contributed by atoms with Crippen molar-refractivity contribution >= 4 is 11.8 Å². The minimum atomic E-state index is -0.576. The predicted molar refractivity (Wildman–Crippen MR) is 65.4 cm³/mol. The molecule has 1 atom stereocenters. The van der Waals surface area contributed by atoms with Crippen molar-refractivity contribution in [3.8, 4) is 0 Å². The van der Waals surface area contributed by atoms with E-state index in [2.05, 4.69) is 5.32 Å². The van der Waals surface area contributed by atoms with Gasteiger partial charge in [-0.25, -0.2) is 0 Å². The highest BCUT2D eigenvalue weighted by atomic mass is 16.2. The fourth-order valence-electron chi connectivity index (χ4n) is 3.18. The Morgan fingerprint density at radius 3 is 2.41 bits per heavy atom. The molecule has 2 amide bonds. The largest absolute Gasteiger partial charge is 0.340 e. The molecule has 0 aromatic heterocycles. The van der Waals surface area contributed by atoms with Gasteiger partial charge in [0.2, 0.25) is 11.8 Å². The Balaban J connectivity index is 2.32. The predicted octanol–water partition coefficient (Wildman–Crippen LogP) is 1.44. The van der Waals surface area contributed by atoms with Crippen molar-refractivity contribution in [1.29, 1.82) is 0 Å². The van der Waals surface area contributed by atoms with Crippen LogP contribution in [0, 0.1) is 0 Å². The Bertz CT molecular complexity index is 332. The molecular weight excluding hydrogens is 216 g/mol. The summed E-state index contributed by atoms with van der Waals surface area (Å²) in [6.07, 6.45) is 4.36. The zero-order chi connectivity index (χ0) is 12.6. The van der Waals surface area contributed by atoms with Gasteiger partial charge in [-0.15, -0.1) is 0 Å². The summed E-state index contributed by atoms with van der Waals surface area (Å²) in [6.45, 7) is 5.93. The van der Waals surface area contributed by atoms with E-state index in [1.807, 2.05) is 20.8 Å². The SMILES string of the molecule is CCC1C(=O)NC2(CCCC2)C(=O)N1C(C)C. The number of hydrogen-bond acceptors (Lipinski definition) is 2. The van der Waals surface area contributed by atoms with Gasteiger partial charge in [-0.1, -0.05) is 19.8 Å². The highest BCUT2D eigenvalue weighted by Crippen LogP contribution is 2.35. The van der Waals surface area contributed by atoms with Crippen molar-refractivity contribution in [1.82, 2.24) is 10.2 Å². The van der Waals surface area contributed by atoms with Crippen molar-refractivity contribution in [2.24, 2.45) is 0 Å². The molecule has 0 bridgehead atoms. The first-order valence-corrected chi connectivity index (χ1v) is 6.66. The van der Waals surface area contributed by atoms with Gasteiger partial charge in [0.05, 0.1) is 0 Å². The fraction of sp³-hybridized carbons (Fsp3) is 0.846. The third-order valence-electron chi connectivity index (χ3n) is 4.04. The number of amides is 2. The van der Waals surface area contributed by atoms with Gasteiger partial charge in [0.15, 0.2) is 0 Å². The molecule has 2 rings (SSSR count). The van der Waals surface area contributed by atoms with E-state index in [1.165, 1.54) is 0 Å². The molecule has 1 saturated heterocycles. The van der Waals surface area contributed by atoms with E-state index in [-0.39, 0.29) is 23.9 Å². The average molecular weight is 238 g/mol. The lowest BCUT2D eigenvalue weighted by atomic mass is 9.89. The number of nitrogens with zero attached hydrogens (tertiary/aromatic N) is 1. The van der Waals surface area contributed by atoms with Gasteiger partial charge in [-0.05, 0) is 33.1 Å². The van der Waals surface area contributed by atoms with Crippen molar-refractivity contribution in [2.75, 3.05) is 0 Å². The standard InChI is InChI=1S/C13H22N2O2/c1-4-10-11(16)14-13(7-5-6-8-13)12(17)15(10)9(2)3/h9-10H,4-8H2,1-3H3,(H,14,16). The van der Waals surface area contributed by atoms with Crippen LogP contribution in [0.15, 0.2) is 0 Å². The second-order valence-corrected chi connectivity index (χ2v) is 5.51. The molecule has 1 unspecified atom stereocenters. The maximum atomic E-state index is 12.6. The van der Waals surface area contributed by atoms with E-state index < -0.39 is 5.54 Å². The molecule has 1 aliphatic carbocycles. The summed E-state index contributed by atoms with van der Waals surface area (Å²) < 4.78 is 0. The molecule has 1 N–H and O–H groups in total. The summed E-state index contributed by atoms with van der Waals surface area (Å²) in [7, 11) is 0. The summed E-state index contributed by atoms with van der Waals surface area (Å²) in [5.74, 6) is 0.166. The Morgan fingerprint density at radius 2 is 1.94 bits per heavy atom. The minimum Gasteiger partial charge on any atom is -0.340 e. The van der Waals surface area contributed by atoms with Crippen LogP contribution in [0.1, 0.15) is 52.9 Å². The maximum absolute atomic E-state index is 12.6. The number of rotatable bonds is 2. The number of carbonyl (C=O) groups is 2. The number of hydrogen-bond donors (Lipinski definition) is 1. The number of piperazine rings is 1. The van der Waals surface area contributed by atoms with Gasteiger partial charge in [-0.2, -0.15) is 0 Å². The first-order valence-electron chi connectivity index (χ1n) is 6.66. The molecule has 1 heterocycles. The van der Waals surface area contributed by atoms with Crippen LogP contribution in [-0.2, 0) is 9.59 Å². The average Bonchev–Trinajstić information content (AvgIpc) is 2.72. The Hall–Kier alpha value is -1.06. The van der Waals surface area contributed by atoms with Gasteiger partial charge in [0.25, 0.3) is 0 Å². The quantitative estimate of drug-likeness (QED) is 0.791. The molecule has 17 heavy (non-hydrogen) atoms. The molecule has 2 aliphatic rings. The Kier molecular flexibility index (Phi) is 3.15. The van der Waals surface area contributed by atoms with Gasteiger partial charge in [0, 0.05) is 6.04 Å². The molecule has 96 valence electrons. The second-order valence-electron chi connectivity index (χ2n) is 5.51.